The van der Waals surface area contributed by atoms with E-state index in [1.165, 1.54) is 25.7 Å². The van der Waals surface area contributed by atoms with E-state index >= 15 is 0 Å². The van der Waals surface area contributed by atoms with Crippen molar-refractivity contribution in [2.45, 2.75) is 89.9 Å². The molecule has 134 valence electrons. The highest BCUT2D eigenvalue weighted by atomic mass is 16.6. The first-order valence-electron chi connectivity index (χ1n) is 10.2. The summed E-state index contributed by atoms with van der Waals surface area (Å²) in [5.74, 6) is 2.87. The van der Waals surface area contributed by atoms with Crippen LogP contribution in [-0.2, 0) is 9.53 Å². The van der Waals surface area contributed by atoms with Gasteiger partial charge in [-0.25, -0.2) is 0 Å². The van der Waals surface area contributed by atoms with E-state index < -0.39 is 0 Å². The average Bonchev–Trinajstić information content (AvgIpc) is 3.08. The van der Waals surface area contributed by atoms with Crippen molar-refractivity contribution in [2.24, 2.45) is 34.5 Å². The zero-order valence-electron chi connectivity index (χ0n) is 15.4. The number of fused-ring (bicyclic) bond motifs is 4. The molecule has 1 heterocycles. The number of hydrogen-bond donors (Lipinski definition) is 1. The molecule has 1 saturated heterocycles. The van der Waals surface area contributed by atoms with E-state index in [-0.39, 0.29) is 28.5 Å². The number of epoxide rings is 1. The molecular formula is C21H32O3. The third kappa shape index (κ3) is 1.69. The molecule has 5 fully saturated rings. The molecule has 0 radical (unpaired) electrons. The van der Waals surface area contributed by atoms with Crippen LogP contribution in [0.5, 0.6) is 0 Å². The van der Waals surface area contributed by atoms with Crippen LogP contribution in [0.3, 0.4) is 0 Å². The largest absolute Gasteiger partial charge is 0.393 e. The number of aliphatic hydroxyl groups is 1. The van der Waals surface area contributed by atoms with E-state index in [1.807, 2.05) is 6.92 Å². The van der Waals surface area contributed by atoms with Gasteiger partial charge in [0, 0.05) is 17.8 Å². The Morgan fingerprint density at radius 3 is 2.62 bits per heavy atom. The summed E-state index contributed by atoms with van der Waals surface area (Å²) in [5.41, 5.74) is 0.458. The van der Waals surface area contributed by atoms with Gasteiger partial charge in [0.2, 0.25) is 0 Å². The summed E-state index contributed by atoms with van der Waals surface area (Å²) < 4.78 is 6.36. The second-order valence-electron chi connectivity index (χ2n) is 10.2. The van der Waals surface area contributed by atoms with E-state index in [2.05, 4.69) is 13.8 Å². The van der Waals surface area contributed by atoms with Crippen molar-refractivity contribution in [3.05, 3.63) is 0 Å². The fourth-order valence-electron chi connectivity index (χ4n) is 8.33. The minimum Gasteiger partial charge on any atom is -0.393 e. The molecule has 0 amide bonds. The summed E-state index contributed by atoms with van der Waals surface area (Å²) in [7, 11) is 0. The molecular weight excluding hydrogens is 300 g/mol. The van der Waals surface area contributed by atoms with Crippen LogP contribution in [0.4, 0.5) is 0 Å². The molecule has 0 unspecified atom stereocenters. The van der Waals surface area contributed by atoms with Gasteiger partial charge < -0.3 is 9.84 Å². The van der Waals surface area contributed by atoms with E-state index in [9.17, 15) is 9.90 Å². The number of carbonyl (C=O) groups is 1. The molecule has 4 saturated carbocycles. The Morgan fingerprint density at radius 1 is 1.08 bits per heavy atom. The van der Waals surface area contributed by atoms with Crippen LogP contribution in [0.25, 0.3) is 0 Å². The molecule has 9 atom stereocenters. The number of carbonyl (C=O) groups excluding carboxylic acids is 1. The smallest absolute Gasteiger partial charge is 0.133 e. The van der Waals surface area contributed by atoms with Gasteiger partial charge in [0.15, 0.2) is 0 Å². The van der Waals surface area contributed by atoms with Gasteiger partial charge in [-0.2, -0.15) is 0 Å². The predicted octanol–water partition coefficient (Wildman–Crippen LogP) is 3.73. The molecule has 0 aromatic rings. The summed E-state index contributed by atoms with van der Waals surface area (Å²) in [6, 6.07) is 0. The van der Waals surface area contributed by atoms with Crippen LogP contribution in [0.2, 0.25) is 0 Å². The molecule has 24 heavy (non-hydrogen) atoms. The second kappa shape index (κ2) is 4.65. The molecule has 0 aromatic carbocycles. The quantitative estimate of drug-likeness (QED) is 0.745. The minimum absolute atomic E-state index is 0.0157. The number of rotatable bonds is 1. The summed E-state index contributed by atoms with van der Waals surface area (Å²) >= 11 is 0. The van der Waals surface area contributed by atoms with Crippen molar-refractivity contribution in [3.8, 4) is 0 Å². The van der Waals surface area contributed by atoms with Gasteiger partial charge in [0.25, 0.3) is 0 Å². The van der Waals surface area contributed by atoms with Gasteiger partial charge in [0.1, 0.15) is 11.4 Å². The number of hydrogen-bond acceptors (Lipinski definition) is 3. The van der Waals surface area contributed by atoms with Crippen molar-refractivity contribution in [1.29, 1.82) is 0 Å². The lowest BCUT2D eigenvalue weighted by molar-refractivity contribution is -0.133. The summed E-state index contributed by atoms with van der Waals surface area (Å²) in [6.07, 6.45) is 9.10. The predicted molar refractivity (Wildman–Crippen MR) is 91.4 cm³/mol. The Labute approximate surface area is 145 Å². The molecule has 1 aliphatic heterocycles. The van der Waals surface area contributed by atoms with E-state index in [0.717, 1.165) is 37.5 Å². The van der Waals surface area contributed by atoms with Crippen LogP contribution in [0.1, 0.15) is 72.1 Å². The summed E-state index contributed by atoms with van der Waals surface area (Å²) in [4.78, 5) is 12.2. The second-order valence-corrected chi connectivity index (χ2v) is 10.2. The first-order chi connectivity index (χ1) is 11.3. The Morgan fingerprint density at radius 2 is 1.88 bits per heavy atom. The van der Waals surface area contributed by atoms with Gasteiger partial charge in [0.05, 0.1) is 12.2 Å². The molecule has 0 aromatic heterocycles. The lowest BCUT2D eigenvalue weighted by Crippen LogP contribution is -2.58. The van der Waals surface area contributed by atoms with Crippen LogP contribution in [0, 0.1) is 34.5 Å². The third-order valence-corrected chi connectivity index (χ3v) is 9.55. The van der Waals surface area contributed by atoms with Crippen LogP contribution >= 0.6 is 0 Å². The Bertz CT molecular complexity index is 588. The molecule has 5 aliphatic rings. The van der Waals surface area contributed by atoms with Gasteiger partial charge in [-0.05, 0) is 75.0 Å². The number of Topliss-reactive ketones (excluding diaryl/α,β-unsaturated/α-hetero) is 1. The molecule has 3 nitrogen and oxygen atoms in total. The van der Waals surface area contributed by atoms with Crippen molar-refractivity contribution >= 4 is 5.78 Å². The highest BCUT2D eigenvalue weighted by Crippen LogP contribution is 2.73. The number of ketones is 1. The highest BCUT2D eigenvalue weighted by Gasteiger charge is 2.76. The van der Waals surface area contributed by atoms with E-state index in [4.69, 9.17) is 4.74 Å². The maximum atomic E-state index is 12.2. The lowest BCUT2D eigenvalue weighted by atomic mass is 9.44. The maximum Gasteiger partial charge on any atom is 0.133 e. The minimum atomic E-state index is -0.165. The molecule has 5 rings (SSSR count). The lowest BCUT2D eigenvalue weighted by Gasteiger charge is -2.59. The van der Waals surface area contributed by atoms with Gasteiger partial charge in [-0.1, -0.05) is 13.8 Å². The fourth-order valence-corrected chi connectivity index (χ4v) is 8.33. The fraction of sp³-hybridized carbons (Fsp3) is 0.952. The van der Waals surface area contributed by atoms with Crippen LogP contribution in [-0.4, -0.2) is 28.7 Å². The SMILES string of the molecule is CC(=O)[C@H]1CC[C@H]2[C@@H]3C[C@@H]4O[C@@]45C[C@@H](O)CC[C@]5(C)[C@H]3CC[C@]12C. The Balaban J connectivity index is 1.49. The topological polar surface area (TPSA) is 49.8 Å². The first-order valence-corrected chi connectivity index (χ1v) is 10.2. The van der Waals surface area contributed by atoms with Crippen LogP contribution < -0.4 is 0 Å². The molecule has 3 heteroatoms. The number of ether oxygens (including phenoxy) is 1. The van der Waals surface area contributed by atoms with Crippen molar-refractivity contribution in [3.63, 3.8) is 0 Å². The van der Waals surface area contributed by atoms with Crippen molar-refractivity contribution < 1.29 is 14.6 Å². The summed E-state index contributed by atoms with van der Waals surface area (Å²) in [5, 5.41) is 10.2. The normalized spacial score (nSPS) is 61.3. The highest BCUT2D eigenvalue weighted by molar-refractivity contribution is 5.79. The van der Waals surface area contributed by atoms with Gasteiger partial charge in [-0.3, -0.25) is 4.79 Å². The first kappa shape index (κ1) is 15.8. The third-order valence-electron chi connectivity index (χ3n) is 9.55. The van der Waals surface area contributed by atoms with Crippen molar-refractivity contribution in [2.75, 3.05) is 0 Å². The average molecular weight is 332 g/mol. The van der Waals surface area contributed by atoms with Gasteiger partial charge in [-0.15, -0.1) is 0 Å². The molecule has 1 spiro atoms. The van der Waals surface area contributed by atoms with E-state index in [0.29, 0.717) is 17.8 Å². The number of aliphatic hydroxyl groups excluding tert-OH is 1. The maximum absolute atomic E-state index is 12.2. The summed E-state index contributed by atoms with van der Waals surface area (Å²) in [6.45, 7) is 6.69. The zero-order chi connectivity index (χ0) is 16.9. The Kier molecular flexibility index (Phi) is 3.06. The van der Waals surface area contributed by atoms with Crippen LogP contribution in [0.15, 0.2) is 0 Å². The standard InChI is InChI=1S/C21H32O3/c1-12(22)15-4-5-16-14-10-18-21(24-18)11-13(23)6-9-20(21,3)17(14)7-8-19(15,16)2/h13-18,23H,4-11H2,1-3H3/t13-,14-,15+,16-,17-,18-,19+,20+,21-/m0/s1. The zero-order valence-corrected chi connectivity index (χ0v) is 15.4. The molecule has 4 aliphatic carbocycles. The van der Waals surface area contributed by atoms with Crippen molar-refractivity contribution in [1.82, 2.24) is 0 Å². The Hall–Kier alpha value is -0.410. The van der Waals surface area contributed by atoms with Gasteiger partial charge >= 0.3 is 0 Å². The molecule has 1 N–H and O–H groups in total. The van der Waals surface area contributed by atoms with E-state index in [1.54, 1.807) is 0 Å². The monoisotopic (exact) mass is 332 g/mol. The molecule has 0 bridgehead atoms.